The van der Waals surface area contributed by atoms with Crippen LogP contribution in [0.25, 0.3) is 16.8 Å². The first-order valence-corrected chi connectivity index (χ1v) is 7.65. The molecule has 0 aliphatic carbocycles. The van der Waals surface area contributed by atoms with Crippen LogP contribution in [0.15, 0.2) is 36.4 Å². The van der Waals surface area contributed by atoms with Gasteiger partial charge in [0.25, 0.3) is 0 Å². The second-order valence-electron chi connectivity index (χ2n) is 6.10. The lowest BCUT2D eigenvalue weighted by Gasteiger charge is -2.09. The molecule has 0 aliphatic heterocycles. The summed E-state index contributed by atoms with van der Waals surface area (Å²) < 4.78 is 1.78. The zero-order valence-electron chi connectivity index (χ0n) is 13.4. The van der Waals surface area contributed by atoms with Crippen molar-refractivity contribution in [2.45, 2.75) is 27.2 Å². The average Bonchev–Trinajstić information content (AvgIpc) is 2.84. The van der Waals surface area contributed by atoms with Crippen molar-refractivity contribution < 1.29 is 9.90 Å². The van der Waals surface area contributed by atoms with Gasteiger partial charge in [0.2, 0.25) is 0 Å². The molecule has 0 bridgehead atoms. The lowest BCUT2D eigenvalue weighted by atomic mass is 10.1. The number of fused-ring (bicyclic) bond motifs is 1. The van der Waals surface area contributed by atoms with Crippen LogP contribution in [0, 0.1) is 12.8 Å². The van der Waals surface area contributed by atoms with Gasteiger partial charge in [-0.15, -0.1) is 0 Å². The summed E-state index contributed by atoms with van der Waals surface area (Å²) >= 11 is 0. The van der Waals surface area contributed by atoms with E-state index in [2.05, 4.69) is 23.9 Å². The van der Waals surface area contributed by atoms with Gasteiger partial charge in [0.15, 0.2) is 11.3 Å². The van der Waals surface area contributed by atoms with Crippen LogP contribution in [0.3, 0.4) is 0 Å². The van der Waals surface area contributed by atoms with Gasteiger partial charge in [0, 0.05) is 11.3 Å². The number of nitrogens with zero attached hydrogens (tertiary/aromatic N) is 3. The van der Waals surface area contributed by atoms with Crippen molar-refractivity contribution >= 4 is 11.6 Å². The number of aromatic nitrogens is 3. The van der Waals surface area contributed by atoms with Crippen molar-refractivity contribution in [3.8, 4) is 11.1 Å². The van der Waals surface area contributed by atoms with Crippen molar-refractivity contribution in [3.63, 3.8) is 0 Å². The van der Waals surface area contributed by atoms with Crippen LogP contribution in [-0.4, -0.2) is 25.7 Å². The summed E-state index contributed by atoms with van der Waals surface area (Å²) in [4.78, 5) is 15.8. The van der Waals surface area contributed by atoms with Gasteiger partial charge in [-0.1, -0.05) is 44.2 Å². The summed E-state index contributed by atoms with van der Waals surface area (Å²) in [5.74, 6) is -0.623. The Kier molecular flexibility index (Phi) is 3.86. The monoisotopic (exact) mass is 309 g/mol. The number of aryl methyl sites for hydroxylation is 1. The molecule has 1 aromatic carbocycles. The number of carbonyl (C=O) groups is 1. The maximum Gasteiger partial charge on any atom is 0.354 e. The minimum Gasteiger partial charge on any atom is -0.477 e. The quantitative estimate of drug-likeness (QED) is 0.799. The fraction of sp³-hybridized carbons (Fsp3) is 0.278. The van der Waals surface area contributed by atoms with E-state index in [0.717, 1.165) is 28.9 Å². The molecule has 0 saturated carbocycles. The summed E-state index contributed by atoms with van der Waals surface area (Å²) in [6.45, 7) is 6.12. The summed E-state index contributed by atoms with van der Waals surface area (Å²) in [5.41, 5.74) is 4.25. The van der Waals surface area contributed by atoms with E-state index in [1.165, 1.54) is 0 Å². The second kappa shape index (κ2) is 5.83. The molecule has 2 aromatic heterocycles. The molecular formula is C18H19N3O2. The molecule has 2 heterocycles. The Hall–Kier alpha value is -2.69. The Morgan fingerprint density at radius 3 is 2.57 bits per heavy atom. The highest BCUT2D eigenvalue weighted by atomic mass is 16.4. The molecule has 0 fully saturated rings. The van der Waals surface area contributed by atoms with Gasteiger partial charge >= 0.3 is 5.97 Å². The number of hydrogen-bond acceptors (Lipinski definition) is 3. The first kappa shape index (κ1) is 15.2. The summed E-state index contributed by atoms with van der Waals surface area (Å²) in [7, 11) is 0. The predicted octanol–water partition coefficient (Wildman–Crippen LogP) is 3.60. The largest absolute Gasteiger partial charge is 0.477 e. The van der Waals surface area contributed by atoms with E-state index in [4.69, 9.17) is 0 Å². The first-order chi connectivity index (χ1) is 11.0. The molecule has 23 heavy (non-hydrogen) atoms. The molecule has 5 nitrogen and oxygen atoms in total. The highest BCUT2D eigenvalue weighted by Crippen LogP contribution is 2.28. The van der Waals surface area contributed by atoms with Crippen LogP contribution in [0.4, 0.5) is 0 Å². The zero-order chi connectivity index (χ0) is 16.6. The minimum atomic E-state index is -1.02. The summed E-state index contributed by atoms with van der Waals surface area (Å²) in [6, 6.07) is 11.5. The van der Waals surface area contributed by atoms with Gasteiger partial charge in [-0.3, -0.25) is 0 Å². The number of carboxylic acids is 1. The summed E-state index contributed by atoms with van der Waals surface area (Å²) in [5, 5.41) is 14.0. The molecule has 5 heteroatoms. The van der Waals surface area contributed by atoms with E-state index >= 15 is 0 Å². The Labute approximate surface area is 134 Å². The van der Waals surface area contributed by atoms with Crippen LogP contribution in [0.5, 0.6) is 0 Å². The molecule has 0 atom stereocenters. The standard InChI is InChI=1S/C18H19N3O2/c1-11(2)9-14-10-15(18(22)23)19-17-16(12(3)20-21(14)17)13-7-5-4-6-8-13/h4-8,10-11H,9H2,1-3H3,(H,22,23). The van der Waals surface area contributed by atoms with E-state index in [1.807, 2.05) is 37.3 Å². The van der Waals surface area contributed by atoms with E-state index in [1.54, 1.807) is 10.6 Å². The van der Waals surface area contributed by atoms with Crippen LogP contribution in [0.1, 0.15) is 35.7 Å². The van der Waals surface area contributed by atoms with E-state index in [0.29, 0.717) is 11.6 Å². The Bertz CT molecular complexity index is 867. The number of benzene rings is 1. The van der Waals surface area contributed by atoms with Crippen molar-refractivity contribution in [2.75, 3.05) is 0 Å². The number of rotatable bonds is 4. The van der Waals surface area contributed by atoms with Gasteiger partial charge in [0.05, 0.1) is 5.69 Å². The molecule has 0 unspecified atom stereocenters. The zero-order valence-corrected chi connectivity index (χ0v) is 13.4. The fourth-order valence-corrected chi connectivity index (χ4v) is 2.80. The molecule has 0 radical (unpaired) electrons. The molecule has 0 saturated heterocycles. The van der Waals surface area contributed by atoms with Gasteiger partial charge in [-0.05, 0) is 30.9 Å². The fourth-order valence-electron chi connectivity index (χ4n) is 2.80. The van der Waals surface area contributed by atoms with Crippen LogP contribution in [-0.2, 0) is 6.42 Å². The third-order valence-electron chi connectivity index (χ3n) is 3.74. The molecule has 1 N–H and O–H groups in total. The molecule has 0 amide bonds. The molecule has 0 spiro atoms. The number of carboxylic acid groups (broad SMARTS) is 1. The molecular weight excluding hydrogens is 290 g/mol. The van der Waals surface area contributed by atoms with Gasteiger partial charge in [-0.2, -0.15) is 5.10 Å². The predicted molar refractivity (Wildman–Crippen MR) is 88.7 cm³/mol. The molecule has 3 aromatic rings. The van der Waals surface area contributed by atoms with Gasteiger partial charge in [-0.25, -0.2) is 14.3 Å². The Morgan fingerprint density at radius 1 is 1.26 bits per heavy atom. The minimum absolute atomic E-state index is 0.0604. The smallest absolute Gasteiger partial charge is 0.354 e. The molecule has 0 aliphatic rings. The average molecular weight is 309 g/mol. The van der Waals surface area contributed by atoms with Crippen molar-refractivity contribution in [1.82, 2.24) is 14.6 Å². The topological polar surface area (TPSA) is 67.5 Å². The van der Waals surface area contributed by atoms with Crippen molar-refractivity contribution in [1.29, 1.82) is 0 Å². The van der Waals surface area contributed by atoms with E-state index in [-0.39, 0.29) is 5.69 Å². The van der Waals surface area contributed by atoms with Gasteiger partial charge < -0.3 is 5.11 Å². The summed E-state index contributed by atoms with van der Waals surface area (Å²) in [6.07, 6.45) is 0.745. The van der Waals surface area contributed by atoms with E-state index < -0.39 is 5.97 Å². The third-order valence-corrected chi connectivity index (χ3v) is 3.74. The number of aromatic carboxylic acids is 1. The highest BCUT2D eigenvalue weighted by molar-refractivity contribution is 5.88. The first-order valence-electron chi connectivity index (χ1n) is 7.65. The second-order valence-corrected chi connectivity index (χ2v) is 6.10. The lowest BCUT2D eigenvalue weighted by molar-refractivity contribution is 0.0690. The lowest BCUT2D eigenvalue weighted by Crippen LogP contribution is -2.10. The molecule has 118 valence electrons. The normalized spacial score (nSPS) is 11.3. The maximum absolute atomic E-state index is 11.4. The van der Waals surface area contributed by atoms with Gasteiger partial charge in [0.1, 0.15) is 0 Å². The van der Waals surface area contributed by atoms with Crippen LogP contribution in [0.2, 0.25) is 0 Å². The Morgan fingerprint density at radius 2 is 1.96 bits per heavy atom. The van der Waals surface area contributed by atoms with Crippen LogP contribution >= 0.6 is 0 Å². The van der Waals surface area contributed by atoms with Crippen molar-refractivity contribution in [2.24, 2.45) is 5.92 Å². The maximum atomic E-state index is 11.4. The van der Waals surface area contributed by atoms with Crippen molar-refractivity contribution in [3.05, 3.63) is 53.5 Å². The SMILES string of the molecule is Cc1nn2c(CC(C)C)cc(C(=O)O)nc2c1-c1ccccc1. The third kappa shape index (κ3) is 2.82. The number of hydrogen-bond donors (Lipinski definition) is 1. The Balaban J connectivity index is 2.32. The van der Waals surface area contributed by atoms with E-state index in [9.17, 15) is 9.90 Å². The highest BCUT2D eigenvalue weighted by Gasteiger charge is 2.19. The molecule has 3 rings (SSSR count). The van der Waals surface area contributed by atoms with Crippen LogP contribution < -0.4 is 0 Å².